The van der Waals surface area contributed by atoms with Gasteiger partial charge in [0, 0.05) is 13.1 Å². The van der Waals surface area contributed by atoms with E-state index < -0.39 is 0 Å². The third kappa shape index (κ3) is 2.21. The fourth-order valence-electron chi connectivity index (χ4n) is 2.29. The molecule has 18 heavy (non-hydrogen) atoms. The Morgan fingerprint density at radius 1 is 1.61 bits per heavy atom. The van der Waals surface area contributed by atoms with Gasteiger partial charge in [-0.3, -0.25) is 9.48 Å². The van der Waals surface area contributed by atoms with Gasteiger partial charge < -0.3 is 11.1 Å². The minimum absolute atomic E-state index is 0.113. The lowest BCUT2D eigenvalue weighted by atomic mass is 10.1. The highest BCUT2D eigenvalue weighted by Crippen LogP contribution is 2.50. The lowest BCUT2D eigenvalue weighted by molar-refractivity contribution is 0.0941. The summed E-state index contributed by atoms with van der Waals surface area (Å²) < 4.78 is 1.66. The molecule has 0 aliphatic heterocycles. The van der Waals surface area contributed by atoms with Gasteiger partial charge in [-0.1, -0.05) is 13.8 Å². The minimum atomic E-state index is -0.113. The van der Waals surface area contributed by atoms with Crippen molar-refractivity contribution in [3.05, 3.63) is 11.4 Å². The summed E-state index contributed by atoms with van der Waals surface area (Å²) in [7, 11) is 0. The van der Waals surface area contributed by atoms with E-state index in [2.05, 4.69) is 24.3 Å². The molecule has 0 spiro atoms. The van der Waals surface area contributed by atoms with E-state index in [4.69, 9.17) is 5.73 Å². The number of amides is 1. The fourth-order valence-corrected chi connectivity index (χ4v) is 2.29. The Bertz CT molecular complexity index is 476. The normalized spacial score (nSPS) is 20.8. The molecule has 1 aliphatic carbocycles. The van der Waals surface area contributed by atoms with Crippen LogP contribution in [-0.2, 0) is 6.54 Å². The second-order valence-corrected chi connectivity index (χ2v) is 5.76. The predicted molar refractivity (Wildman–Crippen MR) is 71.3 cm³/mol. The van der Waals surface area contributed by atoms with Crippen molar-refractivity contribution in [2.75, 3.05) is 12.3 Å². The number of carbonyl (C=O) groups is 1. The number of carbonyl (C=O) groups excluding carboxylic acids is 1. The number of rotatable bonds is 4. The molecule has 1 amide bonds. The van der Waals surface area contributed by atoms with Crippen molar-refractivity contribution in [2.24, 2.45) is 11.3 Å². The lowest BCUT2D eigenvalue weighted by Gasteiger charge is -2.08. The van der Waals surface area contributed by atoms with Crippen LogP contribution in [0.1, 0.15) is 43.4 Å². The maximum absolute atomic E-state index is 12.1. The van der Waals surface area contributed by atoms with Crippen molar-refractivity contribution in [2.45, 2.75) is 40.7 Å². The number of nitrogens with zero attached hydrogens (tertiary/aromatic N) is 2. The Morgan fingerprint density at radius 2 is 2.22 bits per heavy atom. The Morgan fingerprint density at radius 3 is 2.72 bits per heavy atom. The molecule has 0 saturated heterocycles. The van der Waals surface area contributed by atoms with E-state index in [1.165, 1.54) is 6.42 Å². The van der Waals surface area contributed by atoms with Crippen molar-refractivity contribution >= 4 is 11.6 Å². The number of anilines is 1. The molecule has 1 aromatic heterocycles. The van der Waals surface area contributed by atoms with Crippen LogP contribution < -0.4 is 11.1 Å². The molecule has 1 heterocycles. The zero-order valence-corrected chi connectivity index (χ0v) is 11.6. The standard InChI is InChI=1S/C13H22N4O/c1-5-17-11(10(14)8(2)16-17)12(18)15-7-9-6-13(9,3)4/h9H,5-7,14H2,1-4H3,(H,15,18). The fraction of sp³-hybridized carbons (Fsp3) is 0.692. The van der Waals surface area contributed by atoms with Gasteiger partial charge in [0.05, 0.1) is 11.4 Å². The van der Waals surface area contributed by atoms with E-state index in [-0.39, 0.29) is 5.91 Å². The van der Waals surface area contributed by atoms with Crippen molar-refractivity contribution in [3.63, 3.8) is 0 Å². The highest BCUT2D eigenvalue weighted by molar-refractivity contribution is 5.98. The van der Waals surface area contributed by atoms with Crippen LogP contribution in [0.4, 0.5) is 5.69 Å². The highest BCUT2D eigenvalue weighted by Gasteiger charge is 2.45. The van der Waals surface area contributed by atoms with Crippen molar-refractivity contribution < 1.29 is 4.79 Å². The molecular formula is C13H22N4O. The molecule has 0 bridgehead atoms. The summed E-state index contributed by atoms with van der Waals surface area (Å²) in [6.07, 6.45) is 1.18. The van der Waals surface area contributed by atoms with Crippen LogP contribution in [0.25, 0.3) is 0 Å². The Labute approximate surface area is 108 Å². The molecule has 5 heteroatoms. The maximum Gasteiger partial charge on any atom is 0.271 e. The van der Waals surface area contributed by atoms with Gasteiger partial charge in [0.2, 0.25) is 0 Å². The quantitative estimate of drug-likeness (QED) is 0.852. The first kappa shape index (κ1) is 12.9. The second-order valence-electron chi connectivity index (χ2n) is 5.76. The molecule has 100 valence electrons. The first-order valence-corrected chi connectivity index (χ1v) is 6.48. The zero-order valence-electron chi connectivity index (χ0n) is 11.6. The van der Waals surface area contributed by atoms with Crippen LogP contribution in [0.2, 0.25) is 0 Å². The summed E-state index contributed by atoms with van der Waals surface area (Å²) in [6, 6.07) is 0. The van der Waals surface area contributed by atoms with Gasteiger partial charge in [0.15, 0.2) is 0 Å². The molecule has 3 N–H and O–H groups in total. The molecule has 0 aromatic carbocycles. The largest absolute Gasteiger partial charge is 0.395 e. The van der Waals surface area contributed by atoms with E-state index in [1.54, 1.807) is 4.68 Å². The van der Waals surface area contributed by atoms with Crippen LogP contribution >= 0.6 is 0 Å². The molecule has 1 aromatic rings. The monoisotopic (exact) mass is 250 g/mol. The Hall–Kier alpha value is -1.52. The number of aryl methyl sites for hydroxylation is 2. The van der Waals surface area contributed by atoms with Gasteiger partial charge in [0.1, 0.15) is 5.69 Å². The average Bonchev–Trinajstić information content (AvgIpc) is 2.81. The van der Waals surface area contributed by atoms with E-state index in [0.717, 1.165) is 6.54 Å². The van der Waals surface area contributed by atoms with Crippen molar-refractivity contribution in [1.29, 1.82) is 0 Å². The van der Waals surface area contributed by atoms with E-state index >= 15 is 0 Å². The predicted octanol–water partition coefficient (Wildman–Crippen LogP) is 1.57. The summed E-state index contributed by atoms with van der Waals surface area (Å²) in [4.78, 5) is 12.1. The van der Waals surface area contributed by atoms with Gasteiger partial charge in [-0.05, 0) is 31.6 Å². The molecule has 5 nitrogen and oxygen atoms in total. The topological polar surface area (TPSA) is 72.9 Å². The molecule has 1 atom stereocenters. The van der Waals surface area contributed by atoms with E-state index in [0.29, 0.717) is 35.0 Å². The molecule has 0 radical (unpaired) electrons. The molecular weight excluding hydrogens is 228 g/mol. The number of aromatic nitrogens is 2. The minimum Gasteiger partial charge on any atom is -0.395 e. The van der Waals surface area contributed by atoms with Gasteiger partial charge >= 0.3 is 0 Å². The lowest BCUT2D eigenvalue weighted by Crippen LogP contribution is -2.29. The molecule has 2 rings (SSSR count). The maximum atomic E-state index is 12.1. The summed E-state index contributed by atoms with van der Waals surface area (Å²) in [5, 5.41) is 7.22. The van der Waals surface area contributed by atoms with Gasteiger partial charge in [0.25, 0.3) is 5.91 Å². The van der Waals surface area contributed by atoms with Crippen LogP contribution in [0.15, 0.2) is 0 Å². The summed E-state index contributed by atoms with van der Waals surface area (Å²) in [5.74, 6) is 0.472. The number of nitrogen functional groups attached to an aromatic ring is 1. The van der Waals surface area contributed by atoms with E-state index in [9.17, 15) is 4.79 Å². The molecule has 1 unspecified atom stereocenters. The third-order valence-electron chi connectivity index (χ3n) is 3.91. The summed E-state index contributed by atoms with van der Waals surface area (Å²) in [5.41, 5.74) is 7.99. The summed E-state index contributed by atoms with van der Waals surface area (Å²) in [6.45, 7) is 9.58. The van der Waals surface area contributed by atoms with Crippen LogP contribution in [0, 0.1) is 18.3 Å². The Balaban J connectivity index is 2.05. The number of hydrogen-bond donors (Lipinski definition) is 2. The number of nitrogens with two attached hydrogens (primary N) is 1. The second kappa shape index (κ2) is 4.30. The highest BCUT2D eigenvalue weighted by atomic mass is 16.2. The van der Waals surface area contributed by atoms with Crippen LogP contribution in [-0.4, -0.2) is 22.2 Å². The molecule has 1 fully saturated rings. The smallest absolute Gasteiger partial charge is 0.271 e. The van der Waals surface area contributed by atoms with Crippen molar-refractivity contribution in [1.82, 2.24) is 15.1 Å². The van der Waals surface area contributed by atoms with Gasteiger partial charge in [-0.25, -0.2) is 0 Å². The first-order chi connectivity index (χ1) is 8.36. The van der Waals surface area contributed by atoms with Gasteiger partial charge in [-0.15, -0.1) is 0 Å². The first-order valence-electron chi connectivity index (χ1n) is 6.48. The van der Waals surface area contributed by atoms with Gasteiger partial charge in [-0.2, -0.15) is 5.10 Å². The zero-order chi connectivity index (χ0) is 13.5. The Kier molecular flexibility index (Phi) is 3.09. The van der Waals surface area contributed by atoms with Crippen LogP contribution in [0.3, 0.4) is 0 Å². The molecule has 1 saturated carbocycles. The average molecular weight is 250 g/mol. The summed E-state index contributed by atoms with van der Waals surface area (Å²) >= 11 is 0. The SMILES string of the molecule is CCn1nc(C)c(N)c1C(=O)NCC1CC1(C)C. The van der Waals surface area contributed by atoms with Crippen LogP contribution in [0.5, 0.6) is 0 Å². The number of nitrogens with one attached hydrogen (secondary N) is 1. The van der Waals surface area contributed by atoms with Crippen molar-refractivity contribution in [3.8, 4) is 0 Å². The number of hydrogen-bond acceptors (Lipinski definition) is 3. The molecule has 1 aliphatic rings. The van der Waals surface area contributed by atoms with E-state index in [1.807, 2.05) is 13.8 Å². The third-order valence-corrected chi connectivity index (χ3v) is 3.91.